The molecule has 18 heavy (non-hydrogen) atoms. The van der Waals surface area contributed by atoms with E-state index in [0.29, 0.717) is 0 Å². The molecule has 0 amide bonds. The van der Waals surface area contributed by atoms with Crippen LogP contribution in [-0.2, 0) is 0 Å². The van der Waals surface area contributed by atoms with E-state index in [1.165, 1.54) is 56.3 Å². The number of hydrogen-bond donors (Lipinski definition) is 0. The third kappa shape index (κ3) is 2.63. The molecule has 0 nitrogen and oxygen atoms in total. The number of unbranched alkanes of at least 4 members (excludes halogenated alkanes) is 3. The zero-order valence-electron chi connectivity index (χ0n) is 12.6. The molecule has 4 atom stereocenters. The Morgan fingerprint density at radius 3 is 2.33 bits per heavy atom. The average molecular weight is 248 g/mol. The molecule has 4 unspecified atom stereocenters. The minimum absolute atomic E-state index is 0.814. The van der Waals surface area contributed by atoms with Gasteiger partial charge in [0.05, 0.1) is 0 Å². The molecule has 0 heteroatoms. The summed E-state index contributed by atoms with van der Waals surface area (Å²) in [6.45, 7) is 4.76. The standard InChI is InChI=1S/C18H32/c1-3-5-11-18(4-2)13-14(18)9-7-6-8-10-15-16-12-17(15)16/h14-17H,3-13H2,1-2H3. The SMILES string of the molecule is CCCCC1(CC)CC1CCCCCC1C2CC12. The van der Waals surface area contributed by atoms with Crippen LogP contribution < -0.4 is 0 Å². The van der Waals surface area contributed by atoms with Crippen molar-refractivity contribution in [2.45, 2.75) is 84.5 Å². The first-order valence-corrected chi connectivity index (χ1v) is 8.80. The van der Waals surface area contributed by atoms with Crippen molar-refractivity contribution in [3.63, 3.8) is 0 Å². The normalized spacial score (nSPS) is 43.7. The lowest BCUT2D eigenvalue weighted by molar-refractivity contribution is 0.372. The highest BCUT2D eigenvalue weighted by Crippen LogP contribution is 2.69. The number of fused-ring (bicyclic) bond motifs is 1. The Morgan fingerprint density at radius 2 is 1.72 bits per heavy atom. The van der Waals surface area contributed by atoms with Crippen molar-refractivity contribution in [2.75, 3.05) is 0 Å². The van der Waals surface area contributed by atoms with Crippen LogP contribution in [0.4, 0.5) is 0 Å². The molecule has 0 aliphatic heterocycles. The summed E-state index contributed by atoms with van der Waals surface area (Å²) in [6.07, 6.45) is 16.7. The van der Waals surface area contributed by atoms with E-state index in [1.54, 1.807) is 32.1 Å². The van der Waals surface area contributed by atoms with E-state index in [4.69, 9.17) is 0 Å². The first-order valence-electron chi connectivity index (χ1n) is 8.80. The second-order valence-electron chi connectivity index (χ2n) is 7.59. The summed E-state index contributed by atoms with van der Waals surface area (Å²) in [5, 5.41) is 0. The molecule has 3 aliphatic rings. The van der Waals surface area contributed by atoms with Crippen LogP contribution in [0.1, 0.15) is 84.5 Å². The summed E-state index contributed by atoms with van der Waals surface area (Å²) < 4.78 is 0. The zero-order valence-corrected chi connectivity index (χ0v) is 12.6. The maximum Gasteiger partial charge on any atom is -0.0269 e. The molecule has 0 heterocycles. The topological polar surface area (TPSA) is 0 Å². The van der Waals surface area contributed by atoms with Crippen molar-refractivity contribution < 1.29 is 0 Å². The molecule has 0 aromatic rings. The van der Waals surface area contributed by atoms with Gasteiger partial charge in [-0.1, -0.05) is 52.4 Å². The molecule has 0 aromatic heterocycles. The lowest BCUT2D eigenvalue weighted by atomic mass is 9.91. The maximum absolute atomic E-state index is 2.43. The highest BCUT2D eigenvalue weighted by Gasteiger charge is 2.62. The largest absolute Gasteiger partial charge is 0.0654 e. The average Bonchev–Trinajstić information content (AvgIpc) is 3.26. The van der Waals surface area contributed by atoms with Gasteiger partial charge in [0, 0.05) is 0 Å². The van der Waals surface area contributed by atoms with Crippen molar-refractivity contribution in [1.82, 2.24) is 0 Å². The van der Waals surface area contributed by atoms with Crippen LogP contribution in [0, 0.1) is 29.1 Å². The summed E-state index contributed by atoms with van der Waals surface area (Å²) >= 11 is 0. The van der Waals surface area contributed by atoms with E-state index in [-0.39, 0.29) is 0 Å². The fourth-order valence-electron chi connectivity index (χ4n) is 4.57. The molecule has 3 aliphatic carbocycles. The van der Waals surface area contributed by atoms with Gasteiger partial charge in [0.2, 0.25) is 0 Å². The van der Waals surface area contributed by atoms with Crippen molar-refractivity contribution in [3.05, 3.63) is 0 Å². The Labute approximate surface area is 114 Å². The molecule has 0 radical (unpaired) electrons. The fraction of sp³-hybridized carbons (Fsp3) is 1.00. The molecule has 3 rings (SSSR count). The Kier molecular flexibility index (Phi) is 3.74. The van der Waals surface area contributed by atoms with Crippen molar-refractivity contribution in [2.24, 2.45) is 29.1 Å². The monoisotopic (exact) mass is 248 g/mol. The van der Waals surface area contributed by atoms with Crippen LogP contribution in [0.3, 0.4) is 0 Å². The van der Waals surface area contributed by atoms with Crippen LogP contribution in [0.25, 0.3) is 0 Å². The van der Waals surface area contributed by atoms with Crippen molar-refractivity contribution >= 4 is 0 Å². The molecule has 0 spiro atoms. The summed E-state index contributed by atoms with van der Waals surface area (Å²) in [5.41, 5.74) is 0.814. The third-order valence-electron chi connectivity index (χ3n) is 6.53. The molecule has 0 N–H and O–H groups in total. The second-order valence-corrected chi connectivity index (χ2v) is 7.59. The van der Waals surface area contributed by atoms with E-state index in [9.17, 15) is 0 Å². The first kappa shape index (κ1) is 13.0. The van der Waals surface area contributed by atoms with Crippen LogP contribution >= 0.6 is 0 Å². The van der Waals surface area contributed by atoms with Gasteiger partial charge in [-0.25, -0.2) is 0 Å². The predicted octanol–water partition coefficient (Wildman–Crippen LogP) is 5.81. The van der Waals surface area contributed by atoms with Gasteiger partial charge in [-0.3, -0.25) is 0 Å². The molecule has 0 bridgehead atoms. The Bertz CT molecular complexity index is 274. The zero-order chi connectivity index (χ0) is 12.6. The van der Waals surface area contributed by atoms with Crippen molar-refractivity contribution in [3.8, 4) is 0 Å². The van der Waals surface area contributed by atoms with E-state index >= 15 is 0 Å². The minimum atomic E-state index is 0.814. The fourth-order valence-corrected chi connectivity index (χ4v) is 4.57. The molecular formula is C18H32. The molecule has 3 saturated carbocycles. The van der Waals surface area contributed by atoms with Crippen LogP contribution in [-0.4, -0.2) is 0 Å². The van der Waals surface area contributed by atoms with Gasteiger partial charge in [-0.2, -0.15) is 0 Å². The third-order valence-corrected chi connectivity index (χ3v) is 6.53. The highest BCUT2D eigenvalue weighted by atomic mass is 14.7. The van der Waals surface area contributed by atoms with Gasteiger partial charge >= 0.3 is 0 Å². The first-order chi connectivity index (χ1) is 8.80. The van der Waals surface area contributed by atoms with Gasteiger partial charge < -0.3 is 0 Å². The summed E-state index contributed by atoms with van der Waals surface area (Å²) in [7, 11) is 0. The van der Waals surface area contributed by atoms with Gasteiger partial charge in [0.15, 0.2) is 0 Å². The summed E-state index contributed by atoms with van der Waals surface area (Å²) in [5.74, 6) is 4.79. The molecule has 104 valence electrons. The van der Waals surface area contributed by atoms with E-state index in [0.717, 1.165) is 11.3 Å². The quantitative estimate of drug-likeness (QED) is 0.428. The maximum atomic E-state index is 2.43. The van der Waals surface area contributed by atoms with Gasteiger partial charge in [-0.15, -0.1) is 0 Å². The minimum Gasteiger partial charge on any atom is -0.0654 e. The summed E-state index contributed by atoms with van der Waals surface area (Å²) in [4.78, 5) is 0. The van der Waals surface area contributed by atoms with E-state index in [1.807, 2.05) is 0 Å². The molecular weight excluding hydrogens is 216 g/mol. The van der Waals surface area contributed by atoms with Gasteiger partial charge in [0.1, 0.15) is 0 Å². The Morgan fingerprint density at radius 1 is 0.944 bits per heavy atom. The Hall–Kier alpha value is 0. The van der Waals surface area contributed by atoms with Gasteiger partial charge in [-0.05, 0) is 61.2 Å². The smallest absolute Gasteiger partial charge is 0.0269 e. The molecule has 0 saturated heterocycles. The lowest BCUT2D eigenvalue weighted by Crippen LogP contribution is -2.02. The molecule has 3 fully saturated rings. The summed E-state index contributed by atoms with van der Waals surface area (Å²) in [6, 6.07) is 0. The predicted molar refractivity (Wildman–Crippen MR) is 78.5 cm³/mol. The second kappa shape index (κ2) is 5.17. The van der Waals surface area contributed by atoms with Crippen LogP contribution in [0.5, 0.6) is 0 Å². The number of hydrogen-bond acceptors (Lipinski definition) is 0. The highest BCUT2D eigenvalue weighted by molar-refractivity contribution is 5.11. The van der Waals surface area contributed by atoms with E-state index < -0.39 is 0 Å². The van der Waals surface area contributed by atoms with Crippen molar-refractivity contribution in [1.29, 1.82) is 0 Å². The Balaban J connectivity index is 1.22. The lowest BCUT2D eigenvalue weighted by Gasteiger charge is -2.14. The van der Waals surface area contributed by atoms with E-state index in [2.05, 4.69) is 13.8 Å². The number of rotatable bonds is 10. The van der Waals surface area contributed by atoms with Crippen LogP contribution in [0.2, 0.25) is 0 Å². The molecule has 0 aromatic carbocycles. The van der Waals surface area contributed by atoms with Gasteiger partial charge in [0.25, 0.3) is 0 Å². The van der Waals surface area contributed by atoms with Crippen LogP contribution in [0.15, 0.2) is 0 Å².